The number of aliphatic carboxylic acids is 2. The Labute approximate surface area is 206 Å². The number of fused-ring (bicyclic) bond motifs is 1. The van der Waals surface area contributed by atoms with Crippen LogP contribution in [0.4, 0.5) is 5.69 Å². The highest BCUT2D eigenvalue weighted by molar-refractivity contribution is 8.14. The third kappa shape index (κ3) is 9.01. The lowest BCUT2D eigenvalue weighted by atomic mass is 10.0. The van der Waals surface area contributed by atoms with Gasteiger partial charge in [-0.05, 0) is 38.4 Å². The zero-order chi connectivity index (χ0) is 24.4. The molecule has 0 bridgehead atoms. The van der Waals surface area contributed by atoms with Crippen LogP contribution >= 0.6 is 35.0 Å². The minimum atomic E-state index is -1.26. The van der Waals surface area contributed by atoms with Gasteiger partial charge in [0.2, 0.25) is 0 Å². The lowest BCUT2D eigenvalue weighted by molar-refractivity contribution is -0.134. The molecule has 0 aliphatic carbocycles. The normalized spacial score (nSPS) is 12.9. The van der Waals surface area contributed by atoms with Gasteiger partial charge >= 0.3 is 11.9 Å². The maximum Gasteiger partial charge on any atom is 0.328 e. The topological polar surface area (TPSA) is 103 Å². The summed E-state index contributed by atoms with van der Waals surface area (Å²) in [6, 6.07) is 13.5. The standard InChI is InChI=1S/C19H19Cl2N3S.C4H4O4/c1-24(2)9-10-25-18-12-22-19(14-5-3-4-6-16(14)21)15-11-13(20)7-8-17(15)23-18;5-3(6)1-2-4(7)8/h3-8,11H,9-10,12H2,1-2H3;1-2H,(H,5,6)(H,7,8)/b;2-1+. The van der Waals surface area contributed by atoms with Crippen molar-refractivity contribution in [3.8, 4) is 0 Å². The molecule has 0 radical (unpaired) electrons. The number of nitrogens with zero attached hydrogens (tertiary/aromatic N) is 3. The number of carbonyl (C=O) groups is 2. The summed E-state index contributed by atoms with van der Waals surface area (Å²) in [6.07, 6.45) is 1.12. The minimum Gasteiger partial charge on any atom is -0.478 e. The van der Waals surface area contributed by atoms with E-state index in [1.165, 1.54) is 0 Å². The molecule has 0 saturated carbocycles. The van der Waals surface area contributed by atoms with Crippen LogP contribution in [0.25, 0.3) is 0 Å². The van der Waals surface area contributed by atoms with E-state index in [0.717, 1.165) is 39.9 Å². The zero-order valence-corrected chi connectivity index (χ0v) is 20.4. The van der Waals surface area contributed by atoms with Crippen LogP contribution in [-0.2, 0) is 9.59 Å². The van der Waals surface area contributed by atoms with Crippen LogP contribution in [0.1, 0.15) is 11.1 Å². The Morgan fingerprint density at radius 1 is 1.06 bits per heavy atom. The molecule has 0 aromatic heterocycles. The molecule has 2 aromatic rings. The fourth-order valence-corrected chi connectivity index (χ4v) is 4.06. The van der Waals surface area contributed by atoms with Crippen molar-refractivity contribution in [2.45, 2.75) is 0 Å². The first-order chi connectivity index (χ1) is 15.7. The largest absolute Gasteiger partial charge is 0.478 e. The Kier molecular flexibility index (Phi) is 10.6. The van der Waals surface area contributed by atoms with Crippen molar-refractivity contribution in [2.75, 3.05) is 32.9 Å². The van der Waals surface area contributed by atoms with Crippen molar-refractivity contribution < 1.29 is 19.8 Å². The van der Waals surface area contributed by atoms with Gasteiger partial charge in [0.15, 0.2) is 0 Å². The Balaban J connectivity index is 0.000000414. The average molecular weight is 508 g/mol. The molecular formula is C23H23Cl2N3O4S. The third-order valence-corrected chi connectivity index (χ3v) is 5.64. The van der Waals surface area contributed by atoms with Crippen LogP contribution in [0.15, 0.2) is 64.6 Å². The lowest BCUT2D eigenvalue weighted by Crippen LogP contribution is -2.16. The van der Waals surface area contributed by atoms with Crippen LogP contribution in [0.2, 0.25) is 10.0 Å². The van der Waals surface area contributed by atoms with E-state index in [1.54, 1.807) is 11.8 Å². The Morgan fingerprint density at radius 3 is 2.33 bits per heavy atom. The number of hydrogen-bond donors (Lipinski definition) is 2. The number of thioether (sulfide) groups is 1. The number of hydrogen-bond acceptors (Lipinski definition) is 6. The number of aliphatic imine (C=N–C) groups is 2. The zero-order valence-electron chi connectivity index (χ0n) is 18.0. The van der Waals surface area contributed by atoms with Crippen molar-refractivity contribution in [1.82, 2.24) is 4.90 Å². The quantitative estimate of drug-likeness (QED) is 0.540. The lowest BCUT2D eigenvalue weighted by Gasteiger charge is -2.10. The maximum absolute atomic E-state index is 9.55. The highest BCUT2D eigenvalue weighted by atomic mass is 35.5. The van der Waals surface area contributed by atoms with Crippen LogP contribution < -0.4 is 0 Å². The number of carboxylic acids is 2. The number of rotatable bonds is 6. The van der Waals surface area contributed by atoms with E-state index in [4.69, 9.17) is 43.4 Å². The smallest absolute Gasteiger partial charge is 0.328 e. The first-order valence-corrected chi connectivity index (χ1v) is 11.5. The predicted octanol–water partition coefficient (Wildman–Crippen LogP) is 4.88. The van der Waals surface area contributed by atoms with Crippen molar-refractivity contribution in [3.05, 3.63) is 75.8 Å². The van der Waals surface area contributed by atoms with Gasteiger partial charge in [0.1, 0.15) is 0 Å². The van der Waals surface area contributed by atoms with Gasteiger partial charge in [-0.2, -0.15) is 0 Å². The fraction of sp³-hybridized carbons (Fsp3) is 0.217. The molecule has 0 spiro atoms. The molecule has 174 valence electrons. The van der Waals surface area contributed by atoms with Gasteiger partial charge in [0.25, 0.3) is 0 Å². The second-order valence-electron chi connectivity index (χ2n) is 6.97. The molecule has 2 N–H and O–H groups in total. The van der Waals surface area contributed by atoms with Crippen LogP contribution in [0.5, 0.6) is 0 Å². The first kappa shape index (κ1) is 26.6. The average Bonchev–Trinajstić information content (AvgIpc) is 2.92. The second-order valence-corrected chi connectivity index (χ2v) is 8.99. The molecule has 0 atom stereocenters. The molecule has 10 heteroatoms. The summed E-state index contributed by atoms with van der Waals surface area (Å²) in [7, 11) is 4.14. The number of benzene rings is 2. The molecule has 33 heavy (non-hydrogen) atoms. The van der Waals surface area contributed by atoms with Crippen molar-refractivity contribution in [1.29, 1.82) is 0 Å². The summed E-state index contributed by atoms with van der Waals surface area (Å²) < 4.78 is 0. The third-order valence-electron chi connectivity index (χ3n) is 4.14. The summed E-state index contributed by atoms with van der Waals surface area (Å²) in [5, 5.41) is 18.0. The van der Waals surface area contributed by atoms with Crippen LogP contribution in [-0.4, -0.2) is 70.7 Å². The molecule has 1 aliphatic rings. The number of carboxylic acid groups (broad SMARTS) is 2. The Hall–Kier alpha value is -2.65. The molecule has 1 heterocycles. The van der Waals surface area contributed by atoms with Crippen LogP contribution in [0, 0.1) is 0 Å². The van der Waals surface area contributed by atoms with Crippen molar-refractivity contribution >= 4 is 63.3 Å². The van der Waals surface area contributed by atoms with E-state index in [-0.39, 0.29) is 0 Å². The Bertz CT molecular complexity index is 1080. The highest BCUT2D eigenvalue weighted by Gasteiger charge is 2.18. The monoisotopic (exact) mass is 507 g/mol. The minimum absolute atomic E-state index is 0.547. The summed E-state index contributed by atoms with van der Waals surface area (Å²) >= 11 is 14.4. The van der Waals surface area contributed by atoms with E-state index < -0.39 is 11.9 Å². The van der Waals surface area contributed by atoms with Crippen molar-refractivity contribution in [2.24, 2.45) is 9.98 Å². The summed E-state index contributed by atoms with van der Waals surface area (Å²) in [5.41, 5.74) is 3.55. The molecule has 0 saturated heterocycles. The molecular weight excluding hydrogens is 485 g/mol. The van der Waals surface area contributed by atoms with E-state index in [9.17, 15) is 9.59 Å². The molecule has 0 fully saturated rings. The summed E-state index contributed by atoms with van der Waals surface area (Å²) in [6.45, 7) is 1.54. The van der Waals surface area contributed by atoms with E-state index in [2.05, 4.69) is 19.0 Å². The molecule has 2 aromatic carbocycles. The van der Waals surface area contributed by atoms with Gasteiger partial charge in [-0.1, -0.05) is 41.4 Å². The highest BCUT2D eigenvalue weighted by Crippen LogP contribution is 2.31. The van der Waals surface area contributed by atoms with Gasteiger partial charge in [0, 0.05) is 45.6 Å². The predicted molar refractivity (Wildman–Crippen MR) is 136 cm³/mol. The second kappa shape index (κ2) is 13.2. The van der Waals surface area contributed by atoms with E-state index >= 15 is 0 Å². The number of halogens is 2. The molecule has 7 nitrogen and oxygen atoms in total. The van der Waals surface area contributed by atoms with Crippen molar-refractivity contribution in [3.63, 3.8) is 0 Å². The van der Waals surface area contributed by atoms with E-state index in [0.29, 0.717) is 28.7 Å². The van der Waals surface area contributed by atoms with E-state index in [1.807, 2.05) is 42.5 Å². The molecule has 0 amide bonds. The first-order valence-electron chi connectivity index (χ1n) is 9.75. The Morgan fingerprint density at radius 2 is 1.73 bits per heavy atom. The van der Waals surface area contributed by atoms with Gasteiger partial charge in [0.05, 0.1) is 23.0 Å². The summed E-state index contributed by atoms with van der Waals surface area (Å²) in [4.78, 5) is 30.9. The maximum atomic E-state index is 9.55. The molecule has 3 rings (SSSR count). The van der Waals surface area contributed by atoms with Crippen LogP contribution in [0.3, 0.4) is 0 Å². The van der Waals surface area contributed by atoms with Gasteiger partial charge < -0.3 is 15.1 Å². The fourth-order valence-electron chi connectivity index (χ4n) is 2.65. The SMILES string of the molecule is CN(C)CCSC1=Nc2ccc(Cl)cc2C(c2ccccc2Cl)=NC1.O=C(O)/C=C/C(=O)O. The summed E-state index contributed by atoms with van der Waals surface area (Å²) in [5.74, 6) is -1.54. The van der Waals surface area contributed by atoms with Gasteiger partial charge in [-0.3, -0.25) is 4.99 Å². The van der Waals surface area contributed by atoms with Gasteiger partial charge in [-0.25, -0.2) is 14.6 Å². The molecule has 1 aliphatic heterocycles. The molecule has 0 unspecified atom stereocenters. The van der Waals surface area contributed by atoms with Gasteiger partial charge in [-0.15, -0.1) is 11.8 Å².